The van der Waals surface area contributed by atoms with Crippen molar-refractivity contribution >= 4 is 35.9 Å². The van der Waals surface area contributed by atoms with E-state index in [9.17, 15) is 22.4 Å². The molecule has 0 atom stereocenters. The summed E-state index contributed by atoms with van der Waals surface area (Å²) in [5.74, 6) is -3.05. The molecule has 2 aromatic carbocycles. The van der Waals surface area contributed by atoms with Gasteiger partial charge in [-0.15, -0.1) is 0 Å². The van der Waals surface area contributed by atoms with E-state index in [4.69, 9.17) is 4.74 Å². The van der Waals surface area contributed by atoms with Gasteiger partial charge in [0.1, 0.15) is 41.3 Å². The first kappa shape index (κ1) is 20.4. The number of rotatable bonds is 4. The lowest BCUT2D eigenvalue weighted by molar-refractivity contribution is 0.298. The Bertz CT molecular complexity index is 1110. The minimum Gasteiger partial charge on any atom is -0.488 e. The maximum Gasteiger partial charge on any atom is 0.252 e. The lowest BCUT2D eigenvalue weighted by atomic mass is 9.96. The molecule has 0 spiro atoms. The van der Waals surface area contributed by atoms with Gasteiger partial charge in [0.25, 0.3) is 5.56 Å². The van der Waals surface area contributed by atoms with Gasteiger partial charge in [-0.3, -0.25) is 9.36 Å². The quantitative estimate of drug-likeness (QED) is 0.313. The third kappa shape index (κ3) is 3.67. The molecule has 0 fully saturated rings. The van der Waals surface area contributed by atoms with Crippen LogP contribution in [0.5, 0.6) is 5.75 Å². The van der Waals surface area contributed by atoms with Gasteiger partial charge in [-0.25, -0.2) is 17.6 Å². The molecule has 0 amide bonds. The normalized spacial score (nSPS) is 10.9. The van der Waals surface area contributed by atoms with Crippen molar-refractivity contribution in [1.29, 1.82) is 0 Å². The molecule has 1 aromatic heterocycles. The van der Waals surface area contributed by atoms with Crippen LogP contribution in [0.3, 0.4) is 0 Å². The summed E-state index contributed by atoms with van der Waals surface area (Å²) in [6, 6.07) is 6.42. The van der Waals surface area contributed by atoms with Crippen LogP contribution in [0.1, 0.15) is 11.3 Å². The molecule has 9 heteroatoms. The largest absolute Gasteiger partial charge is 0.488 e. The van der Waals surface area contributed by atoms with E-state index in [0.29, 0.717) is 3.57 Å². The number of hydrogen-bond acceptors (Lipinski definition) is 2. The maximum absolute atomic E-state index is 14.2. The van der Waals surface area contributed by atoms with Crippen LogP contribution < -0.4 is 15.8 Å². The summed E-state index contributed by atoms with van der Waals surface area (Å²) in [7, 11) is 1.45. The van der Waals surface area contributed by atoms with Crippen molar-refractivity contribution in [2.45, 2.75) is 13.5 Å². The lowest BCUT2D eigenvalue weighted by Gasteiger charge is -2.19. The molecule has 28 heavy (non-hydrogen) atoms. The first-order chi connectivity index (χ1) is 13.2. The number of aromatic nitrogens is 1. The SMILES string of the molecule is Bc1c(OCc2ccc(F)cc2F)c(I)c(C)n(-c2c(F)cccc2F)c1=O. The maximum atomic E-state index is 14.2. The predicted molar refractivity (Wildman–Crippen MR) is 108 cm³/mol. The van der Waals surface area contributed by atoms with E-state index in [1.165, 1.54) is 26.9 Å². The third-order valence-corrected chi connectivity index (χ3v) is 5.54. The molecule has 0 saturated heterocycles. The van der Waals surface area contributed by atoms with Crippen LogP contribution >= 0.6 is 22.6 Å². The third-order valence-electron chi connectivity index (χ3n) is 4.27. The Hall–Kier alpha value is -2.30. The Morgan fingerprint density at radius 3 is 2.32 bits per heavy atom. The van der Waals surface area contributed by atoms with Crippen molar-refractivity contribution in [2.24, 2.45) is 0 Å². The molecule has 3 nitrogen and oxygen atoms in total. The highest BCUT2D eigenvalue weighted by molar-refractivity contribution is 14.1. The first-order valence-electron chi connectivity index (χ1n) is 8.15. The van der Waals surface area contributed by atoms with Gasteiger partial charge < -0.3 is 4.74 Å². The van der Waals surface area contributed by atoms with Crippen molar-refractivity contribution in [3.05, 3.63) is 84.8 Å². The van der Waals surface area contributed by atoms with Crippen molar-refractivity contribution in [3.8, 4) is 11.4 Å². The predicted octanol–water partition coefficient (Wildman–Crippen LogP) is 3.14. The molecule has 0 aliphatic heterocycles. The highest BCUT2D eigenvalue weighted by Gasteiger charge is 2.21. The highest BCUT2D eigenvalue weighted by Crippen LogP contribution is 2.25. The molecule has 3 rings (SSSR count). The average Bonchev–Trinajstić information content (AvgIpc) is 2.64. The van der Waals surface area contributed by atoms with Crippen molar-refractivity contribution < 1.29 is 22.3 Å². The first-order valence-corrected chi connectivity index (χ1v) is 9.23. The van der Waals surface area contributed by atoms with Crippen LogP contribution in [-0.2, 0) is 6.61 Å². The second kappa shape index (κ2) is 7.98. The molecule has 0 unspecified atom stereocenters. The van der Waals surface area contributed by atoms with Gasteiger partial charge in [-0.2, -0.15) is 0 Å². The van der Waals surface area contributed by atoms with Crippen LogP contribution in [0.4, 0.5) is 17.6 Å². The molecule has 0 aliphatic carbocycles. The minimum absolute atomic E-state index is 0.110. The highest BCUT2D eigenvalue weighted by atomic mass is 127. The van der Waals surface area contributed by atoms with Gasteiger partial charge in [0.15, 0.2) is 7.85 Å². The molecule has 0 N–H and O–H groups in total. The average molecular weight is 501 g/mol. The second-order valence-corrected chi connectivity index (χ2v) is 7.17. The Kier molecular flexibility index (Phi) is 5.83. The molecule has 0 bridgehead atoms. The van der Waals surface area contributed by atoms with Crippen molar-refractivity contribution in [1.82, 2.24) is 4.57 Å². The van der Waals surface area contributed by atoms with E-state index < -0.39 is 34.5 Å². The van der Waals surface area contributed by atoms with Gasteiger partial charge >= 0.3 is 0 Å². The Morgan fingerprint density at radius 2 is 1.71 bits per heavy atom. The van der Waals surface area contributed by atoms with E-state index >= 15 is 0 Å². The molecule has 0 aliphatic rings. The Balaban J connectivity index is 2.07. The standard InChI is InChI=1S/C19H13BF4INO2/c1-9-16(25)18(28-8-10-5-6-11(21)7-14(10)24)15(20)19(27)26(9)17-12(22)3-2-4-13(17)23/h2-7H,8,20H2,1H3. The van der Waals surface area contributed by atoms with Gasteiger partial charge in [0.2, 0.25) is 0 Å². The summed E-state index contributed by atoms with van der Waals surface area (Å²) in [6.07, 6.45) is 0. The summed E-state index contributed by atoms with van der Waals surface area (Å²) in [4.78, 5) is 12.8. The van der Waals surface area contributed by atoms with Crippen molar-refractivity contribution in [3.63, 3.8) is 0 Å². The topological polar surface area (TPSA) is 31.2 Å². The fraction of sp³-hybridized carbons (Fsp3) is 0.105. The van der Waals surface area contributed by atoms with Crippen LogP contribution in [0, 0.1) is 33.8 Å². The van der Waals surface area contributed by atoms with Gasteiger partial charge in [-0.1, -0.05) is 6.07 Å². The van der Waals surface area contributed by atoms with Gasteiger partial charge in [0, 0.05) is 22.8 Å². The minimum atomic E-state index is -0.873. The van der Waals surface area contributed by atoms with Crippen molar-refractivity contribution in [2.75, 3.05) is 0 Å². The van der Waals surface area contributed by atoms with Gasteiger partial charge in [0.05, 0.1) is 3.57 Å². The van der Waals surface area contributed by atoms with Crippen LogP contribution in [0.25, 0.3) is 5.69 Å². The summed E-state index contributed by atoms with van der Waals surface area (Å²) in [5.41, 5.74) is -0.632. The summed E-state index contributed by atoms with van der Waals surface area (Å²) < 4.78 is 62.3. The summed E-state index contributed by atoms with van der Waals surface area (Å²) >= 11 is 1.90. The van der Waals surface area contributed by atoms with E-state index in [1.807, 2.05) is 22.6 Å². The van der Waals surface area contributed by atoms with E-state index in [0.717, 1.165) is 28.8 Å². The smallest absolute Gasteiger partial charge is 0.252 e. The molecule has 144 valence electrons. The fourth-order valence-electron chi connectivity index (χ4n) is 2.78. The van der Waals surface area contributed by atoms with E-state index in [1.54, 1.807) is 0 Å². The fourth-order valence-corrected chi connectivity index (χ4v) is 3.58. The summed E-state index contributed by atoms with van der Waals surface area (Å²) in [6.45, 7) is 1.29. The molecule has 3 aromatic rings. The number of halogens is 5. The molecule has 0 saturated carbocycles. The molecule has 0 radical (unpaired) electrons. The molecule has 1 heterocycles. The molecular formula is C19H13BF4INO2. The number of nitrogens with zero attached hydrogens (tertiary/aromatic N) is 1. The number of ether oxygens (including phenoxy) is 1. The lowest BCUT2D eigenvalue weighted by Crippen LogP contribution is -2.38. The molecular weight excluding hydrogens is 488 g/mol. The number of para-hydroxylation sites is 1. The zero-order valence-corrected chi connectivity index (χ0v) is 17.0. The Labute approximate surface area is 172 Å². The second-order valence-electron chi connectivity index (χ2n) is 6.09. The van der Waals surface area contributed by atoms with E-state index in [-0.39, 0.29) is 29.1 Å². The number of pyridine rings is 1. The zero-order chi connectivity index (χ0) is 20.6. The number of hydrogen-bond donors (Lipinski definition) is 0. The van der Waals surface area contributed by atoms with Crippen LogP contribution in [0.15, 0.2) is 41.2 Å². The number of benzene rings is 2. The monoisotopic (exact) mass is 501 g/mol. The zero-order valence-electron chi connectivity index (χ0n) is 14.8. The van der Waals surface area contributed by atoms with E-state index in [2.05, 4.69) is 0 Å². The Morgan fingerprint density at radius 1 is 1.07 bits per heavy atom. The summed E-state index contributed by atoms with van der Waals surface area (Å²) in [5, 5.41) is 0. The van der Waals surface area contributed by atoms with Gasteiger partial charge in [-0.05, 0) is 53.8 Å². The van der Waals surface area contributed by atoms with Crippen LogP contribution in [0.2, 0.25) is 0 Å². The van der Waals surface area contributed by atoms with Crippen LogP contribution in [-0.4, -0.2) is 12.4 Å².